The Morgan fingerprint density at radius 1 is 0.262 bits per heavy atom. The van der Waals surface area contributed by atoms with E-state index in [9.17, 15) is 19.2 Å². The quantitative estimate of drug-likeness (QED) is 0.0519. The standard InChI is InChI=1S/C68H64O16/c1-73-53-33-57(81-37-61(69)77-5)49-29-45(53)65(41-21-13-9-14-22-41)50-30-46(54(74-2)34-58(50)82-38-62(70)78-6)67(43-25-17-11-18-26-43)52-32-48(56(76-4)36-60(52)84-40-64(72)80-8)68(44-27-19-12-20-28-44)51-31-47(66(49)42-23-15-10-16-24-42)55(75-3)35-59(51)83-39-63(71)79-7/h9-36,65-68H,37-40H2,1-8H3. The van der Waals surface area contributed by atoms with Gasteiger partial charge in [-0.3, -0.25) is 0 Å². The Kier molecular flexibility index (Phi) is 19.0. The van der Waals surface area contributed by atoms with Gasteiger partial charge in [-0.2, -0.15) is 0 Å². The van der Waals surface area contributed by atoms with Crippen molar-refractivity contribution in [2.75, 3.05) is 83.3 Å². The summed E-state index contributed by atoms with van der Waals surface area (Å²) in [6.45, 7) is -1.87. The number of methoxy groups -OCH3 is 8. The molecule has 0 heterocycles. The third-order valence-corrected chi connectivity index (χ3v) is 14.8. The van der Waals surface area contributed by atoms with Crippen molar-refractivity contribution in [3.63, 3.8) is 0 Å². The third kappa shape index (κ3) is 12.6. The number of rotatable bonds is 20. The van der Waals surface area contributed by atoms with Gasteiger partial charge in [0.05, 0.1) is 56.9 Å². The van der Waals surface area contributed by atoms with Gasteiger partial charge in [0, 0.05) is 92.4 Å². The van der Waals surface area contributed by atoms with Crippen molar-refractivity contribution in [1.82, 2.24) is 0 Å². The molecule has 84 heavy (non-hydrogen) atoms. The zero-order valence-corrected chi connectivity index (χ0v) is 47.8. The van der Waals surface area contributed by atoms with Gasteiger partial charge in [0.15, 0.2) is 26.4 Å². The maximum atomic E-state index is 13.2. The Morgan fingerprint density at radius 3 is 0.607 bits per heavy atom. The molecule has 4 unspecified atom stereocenters. The van der Waals surface area contributed by atoms with Crippen molar-refractivity contribution < 1.29 is 76.0 Å². The molecule has 16 nitrogen and oxygen atoms in total. The fourth-order valence-electron chi connectivity index (χ4n) is 10.9. The van der Waals surface area contributed by atoms with Crippen molar-refractivity contribution in [2.24, 2.45) is 0 Å². The highest BCUT2D eigenvalue weighted by Gasteiger charge is 2.37. The van der Waals surface area contributed by atoms with E-state index in [2.05, 4.69) is 0 Å². The molecular formula is C68H64O16. The number of hydrogen-bond donors (Lipinski definition) is 0. The molecule has 0 amide bonds. The molecule has 9 rings (SSSR count). The minimum Gasteiger partial charge on any atom is -0.496 e. The lowest BCUT2D eigenvalue weighted by atomic mass is 9.75. The molecule has 1 aliphatic rings. The maximum absolute atomic E-state index is 13.2. The highest BCUT2D eigenvalue weighted by molar-refractivity contribution is 5.74. The van der Waals surface area contributed by atoms with Crippen molar-refractivity contribution in [2.45, 2.75) is 23.7 Å². The molecule has 8 bridgehead atoms. The first kappa shape index (κ1) is 58.7. The summed E-state index contributed by atoms with van der Waals surface area (Å²) in [6.07, 6.45) is 0. The average Bonchev–Trinajstić information content (AvgIpc) is 1.10. The van der Waals surface area contributed by atoms with Crippen molar-refractivity contribution >= 4 is 23.9 Å². The summed E-state index contributed by atoms with van der Waals surface area (Å²) in [5.74, 6) is -3.15. The summed E-state index contributed by atoms with van der Waals surface area (Å²) in [5, 5.41) is 0. The Balaban J connectivity index is 1.56. The van der Waals surface area contributed by atoms with E-state index in [1.807, 2.05) is 146 Å². The minimum absolute atomic E-state index is 0.271. The predicted molar refractivity (Wildman–Crippen MR) is 312 cm³/mol. The van der Waals surface area contributed by atoms with E-state index >= 15 is 0 Å². The molecule has 0 aliphatic heterocycles. The van der Waals surface area contributed by atoms with Gasteiger partial charge in [-0.25, -0.2) is 19.2 Å². The van der Waals surface area contributed by atoms with E-state index in [1.54, 1.807) is 52.7 Å². The van der Waals surface area contributed by atoms with E-state index in [0.717, 1.165) is 22.3 Å². The van der Waals surface area contributed by atoms with Gasteiger partial charge in [-0.15, -0.1) is 0 Å². The largest absolute Gasteiger partial charge is 0.496 e. The highest BCUT2D eigenvalue weighted by atomic mass is 16.6. The van der Waals surface area contributed by atoms with Gasteiger partial charge in [-0.1, -0.05) is 121 Å². The number of fused-ring (bicyclic) bond motifs is 8. The Bertz CT molecular complexity index is 3130. The lowest BCUT2D eigenvalue weighted by molar-refractivity contribution is -0.143. The number of carbonyl (C=O) groups excluding carboxylic acids is 4. The normalized spacial score (nSPS) is 15.0. The third-order valence-electron chi connectivity index (χ3n) is 14.8. The van der Waals surface area contributed by atoms with Gasteiger partial charge in [0.1, 0.15) is 46.0 Å². The van der Waals surface area contributed by atoms with Crippen LogP contribution in [0.15, 0.2) is 170 Å². The highest BCUT2D eigenvalue weighted by Crippen LogP contribution is 2.55. The zero-order valence-electron chi connectivity index (χ0n) is 47.8. The lowest BCUT2D eigenvalue weighted by Crippen LogP contribution is -2.19. The predicted octanol–water partition coefficient (Wildman–Crippen LogP) is 11.0. The molecule has 4 atom stereocenters. The maximum Gasteiger partial charge on any atom is 0.343 e. The van der Waals surface area contributed by atoms with Crippen molar-refractivity contribution in [3.8, 4) is 46.0 Å². The first-order valence-corrected chi connectivity index (χ1v) is 26.8. The van der Waals surface area contributed by atoms with E-state index in [0.29, 0.717) is 67.5 Å². The van der Waals surface area contributed by atoms with Gasteiger partial charge >= 0.3 is 23.9 Å². The van der Waals surface area contributed by atoms with Crippen molar-refractivity contribution in [3.05, 3.63) is 237 Å². The molecular weight excluding hydrogens is 1070 g/mol. The SMILES string of the molecule is COC(=O)COc1cc(OC)c2cc1C(c1ccccc1)c1cc(c(OCC(=O)OC)cc1OC)C(c1ccccc1)c1cc(c(OCC(=O)OC)cc1OC)C(c1ccccc1)c1cc(c(OCC(=O)OC)cc1OC)C2c1ccccc1. The van der Waals surface area contributed by atoms with Crippen LogP contribution in [0, 0.1) is 0 Å². The topological polar surface area (TPSA) is 179 Å². The Hall–Kier alpha value is -9.96. The van der Waals surface area contributed by atoms with Crippen LogP contribution in [0.5, 0.6) is 46.0 Å². The molecule has 8 aromatic carbocycles. The number of carbonyl (C=O) groups is 4. The van der Waals surface area contributed by atoms with Gasteiger partial charge in [0.25, 0.3) is 0 Å². The smallest absolute Gasteiger partial charge is 0.343 e. The molecule has 8 aromatic rings. The number of ether oxygens (including phenoxy) is 12. The monoisotopic (exact) mass is 1140 g/mol. The van der Waals surface area contributed by atoms with Crippen LogP contribution in [0.1, 0.15) is 90.4 Å². The van der Waals surface area contributed by atoms with E-state index in [4.69, 9.17) is 56.8 Å². The molecule has 16 heteroatoms. The van der Waals surface area contributed by atoms with Gasteiger partial charge in [-0.05, 0) is 46.5 Å². The fourth-order valence-corrected chi connectivity index (χ4v) is 10.9. The van der Waals surface area contributed by atoms with Crippen LogP contribution in [-0.4, -0.2) is 107 Å². The molecule has 0 radical (unpaired) electrons. The van der Waals surface area contributed by atoms with Crippen LogP contribution in [0.25, 0.3) is 0 Å². The van der Waals surface area contributed by atoms with Crippen LogP contribution in [0.4, 0.5) is 0 Å². The fraction of sp³-hybridized carbons (Fsp3) is 0.235. The van der Waals surface area contributed by atoms with Gasteiger partial charge < -0.3 is 56.8 Å². The summed E-state index contributed by atoms with van der Waals surface area (Å²) in [6, 6.07) is 54.0. The average molecular weight is 1140 g/mol. The second-order valence-corrected chi connectivity index (χ2v) is 19.4. The Labute approximate surface area is 487 Å². The van der Waals surface area contributed by atoms with Crippen LogP contribution >= 0.6 is 0 Å². The number of benzene rings is 8. The van der Waals surface area contributed by atoms with Crippen LogP contribution in [0.3, 0.4) is 0 Å². The van der Waals surface area contributed by atoms with E-state index in [-0.39, 0.29) is 23.0 Å². The van der Waals surface area contributed by atoms with E-state index in [1.165, 1.54) is 28.4 Å². The van der Waals surface area contributed by atoms with Crippen LogP contribution < -0.4 is 37.9 Å². The summed E-state index contributed by atoms with van der Waals surface area (Å²) in [5.41, 5.74) is 7.84. The summed E-state index contributed by atoms with van der Waals surface area (Å²) >= 11 is 0. The zero-order chi connectivity index (χ0) is 59.3. The van der Waals surface area contributed by atoms with Gasteiger partial charge in [0.2, 0.25) is 0 Å². The lowest BCUT2D eigenvalue weighted by Gasteiger charge is -2.32. The Morgan fingerprint density at radius 2 is 0.440 bits per heavy atom. The molecule has 0 saturated heterocycles. The summed E-state index contributed by atoms with van der Waals surface area (Å²) < 4.78 is 72.5. The summed E-state index contributed by atoms with van der Waals surface area (Å²) in [7, 11) is 11.3. The first-order valence-electron chi connectivity index (χ1n) is 26.8. The van der Waals surface area contributed by atoms with E-state index < -0.39 is 74.0 Å². The van der Waals surface area contributed by atoms with Crippen molar-refractivity contribution in [1.29, 1.82) is 0 Å². The molecule has 0 aromatic heterocycles. The van der Waals surface area contributed by atoms with Crippen LogP contribution in [-0.2, 0) is 38.1 Å². The minimum atomic E-state index is -0.789. The molecule has 0 saturated carbocycles. The molecule has 0 fully saturated rings. The molecule has 1 aliphatic carbocycles. The molecule has 0 spiro atoms. The summed E-state index contributed by atoms with van der Waals surface area (Å²) in [4.78, 5) is 52.7. The first-order chi connectivity index (χ1) is 41.0. The van der Waals surface area contributed by atoms with Crippen LogP contribution in [0.2, 0.25) is 0 Å². The number of esters is 4. The molecule has 0 N–H and O–H groups in total. The second-order valence-electron chi connectivity index (χ2n) is 19.4. The second kappa shape index (κ2) is 27.2. The number of hydrogen-bond acceptors (Lipinski definition) is 16. The molecule has 432 valence electrons.